The maximum atomic E-state index is 13.2. The Morgan fingerprint density at radius 3 is 2.44 bits per heavy atom. The summed E-state index contributed by atoms with van der Waals surface area (Å²) in [5, 5.41) is 15.0. The van der Waals surface area contributed by atoms with Crippen LogP contribution in [0.25, 0.3) is 22.5 Å². The van der Waals surface area contributed by atoms with Crippen LogP contribution in [0.2, 0.25) is 5.15 Å². The van der Waals surface area contributed by atoms with Gasteiger partial charge < -0.3 is 15.5 Å². The zero-order chi connectivity index (χ0) is 28.6. The highest BCUT2D eigenvalue weighted by molar-refractivity contribution is 6.30. The number of hydrogen-bond acceptors (Lipinski definition) is 7. The minimum atomic E-state index is -0.837. The summed E-state index contributed by atoms with van der Waals surface area (Å²) in [7, 11) is 0. The van der Waals surface area contributed by atoms with Crippen molar-refractivity contribution in [1.82, 2.24) is 30.6 Å². The Morgan fingerprint density at radius 2 is 1.73 bits per heavy atom. The molecule has 210 valence electrons. The van der Waals surface area contributed by atoms with Gasteiger partial charge in [-0.1, -0.05) is 97.7 Å². The molecule has 3 aromatic carbocycles. The fourth-order valence-electron chi connectivity index (χ4n) is 4.73. The lowest BCUT2D eigenvalue weighted by atomic mass is 9.95. The lowest BCUT2D eigenvalue weighted by Crippen LogP contribution is -2.35. The average molecular weight is 570 g/mol. The highest BCUT2D eigenvalue weighted by Gasteiger charge is 2.27. The summed E-state index contributed by atoms with van der Waals surface area (Å²) in [6.45, 7) is 2.12. The van der Waals surface area contributed by atoms with Gasteiger partial charge in [-0.15, -0.1) is 10.2 Å². The molecule has 0 aliphatic heterocycles. The van der Waals surface area contributed by atoms with E-state index in [2.05, 4.69) is 37.5 Å². The summed E-state index contributed by atoms with van der Waals surface area (Å²) >= 11 is 6.60. The summed E-state index contributed by atoms with van der Waals surface area (Å²) in [6, 6.07) is 24.8. The van der Waals surface area contributed by atoms with Gasteiger partial charge in [0.15, 0.2) is 5.15 Å². The van der Waals surface area contributed by atoms with Gasteiger partial charge in [0.25, 0.3) is 0 Å². The Balaban J connectivity index is 1.46. The second-order valence-corrected chi connectivity index (χ2v) is 10.3. The Morgan fingerprint density at radius 1 is 0.976 bits per heavy atom. The van der Waals surface area contributed by atoms with Gasteiger partial charge in [-0.2, -0.15) is 5.21 Å². The van der Waals surface area contributed by atoms with Gasteiger partial charge in [-0.3, -0.25) is 4.79 Å². The quantitative estimate of drug-likeness (QED) is 0.165. The number of hydrogen-bond donors (Lipinski definition) is 3. The number of unbranched alkanes of at least 4 members (excludes halogenated alkanes) is 1. The second-order valence-electron chi connectivity index (χ2n) is 9.90. The third-order valence-electron chi connectivity index (χ3n) is 6.86. The minimum Gasteiger partial charge on any atom is -0.454 e. The molecule has 5 aromatic rings. The summed E-state index contributed by atoms with van der Waals surface area (Å²) in [6.07, 6.45) is 2.69. The number of benzene rings is 3. The van der Waals surface area contributed by atoms with Crippen LogP contribution in [0.4, 0.5) is 0 Å². The zero-order valence-electron chi connectivity index (χ0n) is 22.8. The van der Waals surface area contributed by atoms with Gasteiger partial charge in [0.1, 0.15) is 18.0 Å². The van der Waals surface area contributed by atoms with Crippen LogP contribution in [0, 0.1) is 0 Å². The topological polar surface area (TPSA) is 135 Å². The molecule has 4 N–H and O–H groups in total. The lowest BCUT2D eigenvalue weighted by Gasteiger charge is -2.21. The number of nitrogens with two attached hydrogens (primary N) is 1. The molecule has 41 heavy (non-hydrogen) atoms. The van der Waals surface area contributed by atoms with Crippen LogP contribution < -0.4 is 5.73 Å². The number of esters is 1. The first-order valence-corrected chi connectivity index (χ1v) is 14.1. The Bertz CT molecular complexity index is 1560. The molecule has 10 heteroatoms. The van der Waals surface area contributed by atoms with Crippen molar-refractivity contribution in [3.05, 3.63) is 107 Å². The van der Waals surface area contributed by atoms with E-state index >= 15 is 0 Å². The molecule has 0 bridgehead atoms. The summed E-state index contributed by atoms with van der Waals surface area (Å²) in [4.78, 5) is 21.1. The monoisotopic (exact) mass is 569 g/mol. The molecule has 0 aliphatic rings. The minimum absolute atomic E-state index is 0.282. The highest BCUT2D eigenvalue weighted by atomic mass is 35.5. The zero-order valence-corrected chi connectivity index (χ0v) is 23.5. The average Bonchev–Trinajstić information content (AvgIpc) is 3.67. The molecule has 0 saturated heterocycles. The van der Waals surface area contributed by atoms with E-state index in [9.17, 15) is 4.79 Å². The molecule has 5 rings (SSSR count). The van der Waals surface area contributed by atoms with Crippen LogP contribution in [0.1, 0.15) is 48.5 Å². The molecular formula is C31H32ClN7O2. The first kappa shape index (κ1) is 28.2. The number of carbonyl (C=O) groups excluding carboxylic acids is 1. The first-order chi connectivity index (χ1) is 20.0. The predicted octanol–water partition coefficient (Wildman–Crippen LogP) is 5.65. The van der Waals surface area contributed by atoms with Crippen LogP contribution in [0.5, 0.6) is 0 Å². The number of carbonyl (C=O) groups is 1. The molecule has 0 aliphatic carbocycles. The van der Waals surface area contributed by atoms with E-state index in [4.69, 9.17) is 22.1 Å². The molecule has 2 aromatic heterocycles. The summed E-state index contributed by atoms with van der Waals surface area (Å²) in [5.41, 5.74) is 11.5. The van der Waals surface area contributed by atoms with E-state index < -0.39 is 18.1 Å². The van der Waals surface area contributed by atoms with Gasteiger partial charge in [0.05, 0.1) is 5.69 Å². The van der Waals surface area contributed by atoms with Gasteiger partial charge >= 0.3 is 5.97 Å². The smallest absolute Gasteiger partial charge is 0.323 e. The number of aromatic amines is 2. The van der Waals surface area contributed by atoms with E-state index in [1.54, 1.807) is 0 Å². The number of aryl methyl sites for hydroxylation is 1. The maximum absolute atomic E-state index is 13.2. The SMILES string of the molecule is CCCCc1nc(Cl)c([C@H](Cc2ccc(-c3ccccc3)c(-c3nn[nH]n3)c2)OC(=O)[C@@H](N)Cc2ccccc2)[nH]1. The van der Waals surface area contributed by atoms with E-state index in [-0.39, 0.29) is 5.15 Å². The number of halogens is 1. The molecule has 0 amide bonds. The standard InChI is InChI=1S/C31H32ClN7O2/c1-2-3-14-27-34-28(29(32)35-27)26(41-31(40)25(33)18-20-10-6-4-7-11-20)19-21-15-16-23(22-12-8-5-9-13-22)24(17-21)30-36-38-39-37-30/h4-13,15-17,25-26H,2-3,14,18-19,33H2,1H3,(H,34,35)(H,36,37,38,39)/t25-,26-/m0/s1. The molecule has 2 heterocycles. The number of ether oxygens (including phenoxy) is 1. The van der Waals surface area contributed by atoms with Crippen LogP contribution in [-0.4, -0.2) is 42.6 Å². The van der Waals surface area contributed by atoms with Gasteiger partial charge in [-0.25, -0.2) is 4.98 Å². The van der Waals surface area contributed by atoms with Crippen molar-refractivity contribution >= 4 is 17.6 Å². The van der Waals surface area contributed by atoms with Crippen LogP contribution in [0.3, 0.4) is 0 Å². The van der Waals surface area contributed by atoms with Crippen LogP contribution in [-0.2, 0) is 28.8 Å². The molecule has 0 unspecified atom stereocenters. The number of aromatic nitrogens is 6. The predicted molar refractivity (Wildman–Crippen MR) is 158 cm³/mol. The fraction of sp³-hybridized carbons (Fsp3) is 0.258. The van der Waals surface area contributed by atoms with E-state index in [1.807, 2.05) is 78.9 Å². The van der Waals surface area contributed by atoms with Gasteiger partial charge in [0.2, 0.25) is 5.82 Å². The molecule has 0 saturated carbocycles. The third-order valence-corrected chi connectivity index (χ3v) is 7.15. The molecule has 0 spiro atoms. The molecule has 0 radical (unpaired) electrons. The first-order valence-electron chi connectivity index (χ1n) is 13.7. The van der Waals surface area contributed by atoms with Crippen LogP contribution >= 0.6 is 11.6 Å². The Labute approximate surface area is 243 Å². The number of tetrazole rings is 1. The van der Waals surface area contributed by atoms with Gasteiger partial charge in [0, 0.05) is 18.4 Å². The van der Waals surface area contributed by atoms with Crippen molar-refractivity contribution < 1.29 is 9.53 Å². The number of nitrogens with one attached hydrogen (secondary N) is 2. The fourth-order valence-corrected chi connectivity index (χ4v) is 5.01. The van der Waals surface area contributed by atoms with Crippen molar-refractivity contribution in [2.24, 2.45) is 5.73 Å². The third kappa shape index (κ3) is 7.06. The van der Waals surface area contributed by atoms with Crippen molar-refractivity contribution in [1.29, 1.82) is 0 Å². The van der Waals surface area contributed by atoms with Gasteiger partial charge in [-0.05, 0) is 46.4 Å². The van der Waals surface area contributed by atoms with Crippen LogP contribution in [0.15, 0.2) is 78.9 Å². The van der Waals surface area contributed by atoms with E-state index in [1.165, 1.54) is 0 Å². The van der Waals surface area contributed by atoms with E-state index in [0.29, 0.717) is 24.4 Å². The molecule has 2 atom stereocenters. The maximum Gasteiger partial charge on any atom is 0.323 e. The molecule has 0 fully saturated rings. The Hall–Kier alpha value is -4.34. The number of nitrogens with zero attached hydrogens (tertiary/aromatic N) is 4. The van der Waals surface area contributed by atoms with Crippen molar-refractivity contribution in [3.8, 4) is 22.5 Å². The number of rotatable bonds is 12. The number of imidazole rings is 1. The Kier molecular flexibility index (Phi) is 9.18. The van der Waals surface area contributed by atoms with Crippen molar-refractivity contribution in [2.45, 2.75) is 51.2 Å². The normalized spacial score (nSPS) is 12.7. The van der Waals surface area contributed by atoms with Crippen molar-refractivity contribution in [3.63, 3.8) is 0 Å². The lowest BCUT2D eigenvalue weighted by molar-refractivity contribution is -0.151. The van der Waals surface area contributed by atoms with E-state index in [0.717, 1.165) is 52.9 Å². The summed E-state index contributed by atoms with van der Waals surface area (Å²) in [5.74, 6) is 0.706. The highest BCUT2D eigenvalue weighted by Crippen LogP contribution is 2.34. The largest absolute Gasteiger partial charge is 0.454 e. The number of H-pyrrole nitrogens is 2. The molecule has 9 nitrogen and oxygen atoms in total. The molecular weight excluding hydrogens is 538 g/mol. The van der Waals surface area contributed by atoms with Crippen molar-refractivity contribution in [2.75, 3.05) is 0 Å². The summed E-state index contributed by atoms with van der Waals surface area (Å²) < 4.78 is 6.05. The second kappa shape index (κ2) is 13.3.